The smallest absolute Gasteiger partial charge is 0.409 e. The first-order valence-electron chi connectivity index (χ1n) is 11.6. The topological polar surface area (TPSA) is 65.1 Å². The number of rotatable bonds is 2. The van der Waals surface area contributed by atoms with Gasteiger partial charge in [0.15, 0.2) is 0 Å². The van der Waals surface area contributed by atoms with Crippen molar-refractivity contribution in [1.29, 1.82) is 0 Å². The standard InChI is InChI=1S/C24H36N4O3.H2/c1-26(2)22(29)25-21-8-11-24(20-7-5-4-6-19(20)21)12-16-27(17-13-24)18-9-14-28(15-10-18)23(30)31-3;/h4-7,18,21H,8-17H2,1-3H3,(H,25,29);1H/t21-;/m1./s1. The molecule has 4 rings (SSSR count). The maximum atomic E-state index is 12.3. The fourth-order valence-corrected chi connectivity index (χ4v) is 5.80. The Morgan fingerprint density at radius 3 is 2.39 bits per heavy atom. The van der Waals surface area contributed by atoms with Crippen molar-refractivity contribution in [2.75, 3.05) is 47.4 Å². The zero-order chi connectivity index (χ0) is 22.0. The molecule has 172 valence electrons. The predicted octanol–water partition coefficient (Wildman–Crippen LogP) is 3.60. The molecule has 1 aromatic rings. The molecule has 31 heavy (non-hydrogen) atoms. The number of carbonyl (C=O) groups is 2. The SMILES string of the molecule is COC(=O)N1CCC(N2CCC3(CC[C@@H](NC(=O)N(C)C)c4ccccc43)CC2)CC1.[HH]. The number of hydrogen-bond acceptors (Lipinski definition) is 4. The first-order chi connectivity index (χ1) is 14.9. The van der Waals surface area contributed by atoms with E-state index in [2.05, 4.69) is 34.5 Å². The molecule has 0 bridgehead atoms. The molecule has 1 aliphatic carbocycles. The Kier molecular flexibility index (Phi) is 6.42. The van der Waals surface area contributed by atoms with Gasteiger partial charge in [-0.25, -0.2) is 9.59 Å². The Bertz CT molecular complexity index is 802. The lowest BCUT2D eigenvalue weighted by Gasteiger charge is -2.49. The number of fused-ring (bicyclic) bond motifs is 2. The van der Waals surface area contributed by atoms with Crippen LogP contribution in [0.1, 0.15) is 57.1 Å². The molecule has 0 saturated carbocycles. The van der Waals surface area contributed by atoms with Crippen LogP contribution in [0.2, 0.25) is 0 Å². The monoisotopic (exact) mass is 430 g/mol. The first-order valence-corrected chi connectivity index (χ1v) is 11.6. The van der Waals surface area contributed by atoms with Gasteiger partial charge >= 0.3 is 12.1 Å². The highest BCUT2D eigenvalue weighted by atomic mass is 16.5. The minimum Gasteiger partial charge on any atom is -0.453 e. The van der Waals surface area contributed by atoms with Gasteiger partial charge in [-0.3, -0.25) is 0 Å². The minimum absolute atomic E-state index is 0. The van der Waals surface area contributed by atoms with E-state index in [4.69, 9.17) is 4.74 Å². The van der Waals surface area contributed by atoms with E-state index in [1.807, 2.05) is 4.90 Å². The van der Waals surface area contributed by atoms with E-state index in [0.717, 1.165) is 64.7 Å². The Morgan fingerprint density at radius 2 is 1.74 bits per heavy atom. The van der Waals surface area contributed by atoms with Crippen LogP contribution in [0.3, 0.4) is 0 Å². The summed E-state index contributed by atoms with van der Waals surface area (Å²) in [5.74, 6) is 0. The van der Waals surface area contributed by atoms with Gasteiger partial charge in [0.2, 0.25) is 0 Å². The maximum Gasteiger partial charge on any atom is 0.409 e. The lowest BCUT2D eigenvalue weighted by atomic mass is 9.63. The normalized spacial score (nSPS) is 23.8. The van der Waals surface area contributed by atoms with Crippen molar-refractivity contribution in [3.05, 3.63) is 35.4 Å². The van der Waals surface area contributed by atoms with Crippen molar-refractivity contribution in [2.24, 2.45) is 0 Å². The van der Waals surface area contributed by atoms with Crippen molar-refractivity contribution in [2.45, 2.75) is 56.0 Å². The van der Waals surface area contributed by atoms with Crippen molar-refractivity contribution in [3.63, 3.8) is 0 Å². The van der Waals surface area contributed by atoms with Crippen LogP contribution in [-0.2, 0) is 10.2 Å². The molecular weight excluding hydrogens is 392 g/mol. The van der Waals surface area contributed by atoms with Gasteiger partial charge in [0.1, 0.15) is 0 Å². The minimum atomic E-state index is -0.203. The molecule has 0 aromatic heterocycles. The molecule has 7 heteroatoms. The molecule has 1 N–H and O–H groups in total. The van der Waals surface area contributed by atoms with Gasteiger partial charge in [0.05, 0.1) is 13.2 Å². The number of nitrogens with one attached hydrogen (secondary N) is 1. The molecule has 0 radical (unpaired) electrons. The summed E-state index contributed by atoms with van der Waals surface area (Å²) in [5, 5.41) is 3.21. The first kappa shape index (κ1) is 21.9. The molecule has 0 unspecified atom stereocenters. The number of amides is 3. The highest BCUT2D eigenvalue weighted by Gasteiger charge is 2.43. The largest absolute Gasteiger partial charge is 0.453 e. The molecule has 2 heterocycles. The zero-order valence-electron chi connectivity index (χ0n) is 19.1. The van der Waals surface area contributed by atoms with E-state index in [9.17, 15) is 9.59 Å². The quantitative estimate of drug-likeness (QED) is 0.779. The van der Waals surface area contributed by atoms with Crippen molar-refractivity contribution in [3.8, 4) is 0 Å². The average Bonchev–Trinajstić information content (AvgIpc) is 2.81. The van der Waals surface area contributed by atoms with Crippen molar-refractivity contribution in [1.82, 2.24) is 20.0 Å². The van der Waals surface area contributed by atoms with E-state index in [0.29, 0.717) is 6.04 Å². The number of hydrogen-bond donors (Lipinski definition) is 1. The van der Waals surface area contributed by atoms with Gasteiger partial charge in [0.25, 0.3) is 0 Å². The Balaban J connectivity index is 0.00000289. The van der Waals surface area contributed by atoms with Crippen LogP contribution < -0.4 is 5.32 Å². The van der Waals surface area contributed by atoms with E-state index in [1.165, 1.54) is 18.2 Å². The van der Waals surface area contributed by atoms with E-state index in [1.54, 1.807) is 19.0 Å². The van der Waals surface area contributed by atoms with E-state index < -0.39 is 0 Å². The maximum absolute atomic E-state index is 12.3. The number of piperidine rings is 2. The van der Waals surface area contributed by atoms with Gasteiger partial charge in [-0.05, 0) is 68.2 Å². The summed E-state index contributed by atoms with van der Waals surface area (Å²) in [6, 6.07) is 9.35. The Labute approximate surface area is 187 Å². The number of likely N-dealkylation sites (tertiary alicyclic amines) is 2. The molecule has 3 aliphatic rings. The summed E-state index contributed by atoms with van der Waals surface area (Å²) in [6.45, 7) is 3.78. The average molecular weight is 431 g/mol. The summed E-state index contributed by atoms with van der Waals surface area (Å²) in [6.07, 6.45) is 6.29. The molecule has 3 amide bonds. The number of urea groups is 1. The molecule has 1 aromatic carbocycles. The van der Waals surface area contributed by atoms with Crippen LogP contribution in [-0.4, -0.2) is 80.3 Å². The van der Waals surface area contributed by atoms with Crippen LogP contribution in [0.4, 0.5) is 9.59 Å². The van der Waals surface area contributed by atoms with Crippen LogP contribution in [0, 0.1) is 0 Å². The van der Waals surface area contributed by atoms with Crippen LogP contribution >= 0.6 is 0 Å². The Hall–Kier alpha value is -2.28. The second-order valence-electron chi connectivity index (χ2n) is 9.53. The van der Waals surface area contributed by atoms with Gasteiger partial charge in [-0.15, -0.1) is 0 Å². The van der Waals surface area contributed by atoms with Gasteiger partial charge < -0.3 is 24.8 Å². The Morgan fingerprint density at radius 1 is 1.06 bits per heavy atom. The summed E-state index contributed by atoms with van der Waals surface area (Å²) >= 11 is 0. The molecule has 1 atom stereocenters. The van der Waals surface area contributed by atoms with Gasteiger partial charge in [-0.2, -0.15) is 0 Å². The lowest BCUT2D eigenvalue weighted by Crippen LogP contribution is -2.52. The fourth-order valence-electron chi connectivity index (χ4n) is 5.80. The second-order valence-corrected chi connectivity index (χ2v) is 9.53. The van der Waals surface area contributed by atoms with Gasteiger partial charge in [0, 0.05) is 34.7 Å². The third kappa shape index (κ3) is 4.38. The molecule has 2 aliphatic heterocycles. The zero-order valence-corrected chi connectivity index (χ0v) is 19.1. The highest BCUT2D eigenvalue weighted by Crippen LogP contribution is 2.48. The molecule has 2 saturated heterocycles. The number of carbonyl (C=O) groups excluding carboxylic acids is 2. The van der Waals surface area contributed by atoms with Crippen LogP contribution in [0.15, 0.2) is 24.3 Å². The molecule has 7 nitrogen and oxygen atoms in total. The summed E-state index contributed by atoms with van der Waals surface area (Å²) < 4.78 is 4.87. The summed E-state index contributed by atoms with van der Waals surface area (Å²) in [7, 11) is 5.03. The molecule has 2 fully saturated rings. The highest BCUT2D eigenvalue weighted by molar-refractivity contribution is 5.74. The number of ether oxygens (including phenoxy) is 1. The van der Waals surface area contributed by atoms with Crippen molar-refractivity contribution < 1.29 is 15.8 Å². The predicted molar refractivity (Wildman–Crippen MR) is 122 cm³/mol. The summed E-state index contributed by atoms with van der Waals surface area (Å²) in [4.78, 5) is 30.1. The third-order valence-electron chi connectivity index (χ3n) is 7.69. The lowest BCUT2D eigenvalue weighted by molar-refractivity contribution is 0.0565. The number of methoxy groups -OCH3 is 1. The second kappa shape index (κ2) is 9.07. The van der Waals surface area contributed by atoms with Gasteiger partial charge in [-0.1, -0.05) is 24.3 Å². The van der Waals surface area contributed by atoms with E-state index >= 15 is 0 Å². The third-order valence-corrected chi connectivity index (χ3v) is 7.69. The van der Waals surface area contributed by atoms with E-state index in [-0.39, 0.29) is 25.0 Å². The number of nitrogens with zero attached hydrogens (tertiary/aromatic N) is 3. The molecular formula is C24H38N4O3. The molecule has 1 spiro atoms. The van der Waals surface area contributed by atoms with Crippen LogP contribution in [0.25, 0.3) is 0 Å². The van der Waals surface area contributed by atoms with Crippen LogP contribution in [0.5, 0.6) is 0 Å². The fraction of sp³-hybridized carbons (Fsp3) is 0.667. The summed E-state index contributed by atoms with van der Waals surface area (Å²) in [5.41, 5.74) is 2.95. The van der Waals surface area contributed by atoms with Crippen molar-refractivity contribution >= 4 is 12.1 Å². The number of benzene rings is 1.